The third-order valence-corrected chi connectivity index (χ3v) is 2.27. The molecule has 0 aromatic rings. The van der Waals surface area contributed by atoms with Crippen LogP contribution in [0.4, 0.5) is 0 Å². The van der Waals surface area contributed by atoms with E-state index in [1.54, 1.807) is 6.08 Å². The lowest BCUT2D eigenvalue weighted by Gasteiger charge is -2.10. The predicted molar refractivity (Wildman–Crippen MR) is 54.7 cm³/mol. The maximum atomic E-state index is 10.2. The minimum Gasteiger partial charge on any atom is -0.478 e. The number of allylic oxidation sites excluding steroid dienone is 1. The molecule has 0 aliphatic heterocycles. The summed E-state index contributed by atoms with van der Waals surface area (Å²) in [7, 11) is 0. The normalized spacial score (nSPS) is 13.4. The molecule has 2 nitrogen and oxygen atoms in total. The van der Waals surface area contributed by atoms with Crippen molar-refractivity contribution >= 4 is 5.97 Å². The summed E-state index contributed by atoms with van der Waals surface area (Å²) in [5.41, 5.74) is 0. The molecule has 0 aromatic heterocycles. The molecule has 0 spiro atoms. The van der Waals surface area contributed by atoms with Gasteiger partial charge in [0.15, 0.2) is 0 Å². The van der Waals surface area contributed by atoms with Gasteiger partial charge in [-0.2, -0.15) is 0 Å². The van der Waals surface area contributed by atoms with Crippen LogP contribution in [0.15, 0.2) is 12.2 Å². The summed E-state index contributed by atoms with van der Waals surface area (Å²) in [6, 6.07) is 0. The first kappa shape index (κ1) is 12.2. The van der Waals surface area contributed by atoms with Crippen LogP contribution in [0.3, 0.4) is 0 Å². The first-order valence-corrected chi connectivity index (χ1v) is 5.10. The summed E-state index contributed by atoms with van der Waals surface area (Å²) in [6.45, 7) is 4.34. The van der Waals surface area contributed by atoms with Gasteiger partial charge in [-0.3, -0.25) is 0 Å². The number of carboxylic acid groups (broad SMARTS) is 1. The van der Waals surface area contributed by atoms with Crippen LogP contribution in [0.2, 0.25) is 0 Å². The van der Waals surface area contributed by atoms with E-state index in [1.165, 1.54) is 25.3 Å². The average Bonchev–Trinajstić information content (AvgIpc) is 2.10. The van der Waals surface area contributed by atoms with E-state index in [0.29, 0.717) is 5.92 Å². The van der Waals surface area contributed by atoms with Crippen LogP contribution in [-0.2, 0) is 4.79 Å². The smallest absolute Gasteiger partial charge is 0.327 e. The van der Waals surface area contributed by atoms with E-state index in [2.05, 4.69) is 13.8 Å². The summed E-state index contributed by atoms with van der Waals surface area (Å²) in [5, 5.41) is 8.39. The summed E-state index contributed by atoms with van der Waals surface area (Å²) in [6.07, 6.45) is 8.75. The van der Waals surface area contributed by atoms with Gasteiger partial charge in [0.2, 0.25) is 0 Å². The van der Waals surface area contributed by atoms with Gasteiger partial charge in [-0.15, -0.1) is 0 Å². The zero-order valence-corrected chi connectivity index (χ0v) is 8.62. The molecule has 2 heteroatoms. The number of rotatable bonds is 7. The minimum atomic E-state index is -0.842. The van der Waals surface area contributed by atoms with Crippen molar-refractivity contribution in [3.05, 3.63) is 12.2 Å². The Bertz CT molecular complexity index is 161. The van der Waals surface area contributed by atoms with Gasteiger partial charge >= 0.3 is 5.97 Å². The van der Waals surface area contributed by atoms with Crippen LogP contribution in [0.25, 0.3) is 0 Å². The number of hydrogen-bond donors (Lipinski definition) is 1. The van der Waals surface area contributed by atoms with Gasteiger partial charge in [0.1, 0.15) is 0 Å². The number of aliphatic carboxylic acids is 1. The van der Waals surface area contributed by atoms with Crippen molar-refractivity contribution in [1.29, 1.82) is 0 Å². The fraction of sp³-hybridized carbons (Fsp3) is 0.727. The number of unbranched alkanes of at least 4 members (excludes halogenated alkanes) is 1. The molecule has 1 N–H and O–H groups in total. The second-order valence-corrected chi connectivity index (χ2v) is 3.39. The van der Waals surface area contributed by atoms with E-state index in [4.69, 9.17) is 5.11 Å². The van der Waals surface area contributed by atoms with Gasteiger partial charge < -0.3 is 5.11 Å². The highest BCUT2D eigenvalue weighted by atomic mass is 16.4. The molecule has 0 amide bonds. The van der Waals surface area contributed by atoms with Crippen LogP contribution >= 0.6 is 0 Å². The van der Waals surface area contributed by atoms with E-state index in [-0.39, 0.29) is 0 Å². The zero-order chi connectivity index (χ0) is 10.1. The Kier molecular flexibility index (Phi) is 7.36. The second kappa shape index (κ2) is 7.84. The highest BCUT2D eigenvalue weighted by Crippen LogP contribution is 2.16. The third kappa shape index (κ3) is 7.57. The maximum Gasteiger partial charge on any atom is 0.327 e. The second-order valence-electron chi connectivity index (χ2n) is 3.39. The number of hydrogen-bond acceptors (Lipinski definition) is 1. The summed E-state index contributed by atoms with van der Waals surface area (Å²) < 4.78 is 0. The van der Waals surface area contributed by atoms with Crippen LogP contribution in [0.5, 0.6) is 0 Å². The molecule has 0 rings (SSSR count). The van der Waals surface area contributed by atoms with Crippen molar-refractivity contribution in [3.63, 3.8) is 0 Å². The molecule has 0 aliphatic rings. The van der Waals surface area contributed by atoms with Gasteiger partial charge in [-0.05, 0) is 12.3 Å². The van der Waals surface area contributed by atoms with Gasteiger partial charge in [-0.1, -0.05) is 45.6 Å². The van der Waals surface area contributed by atoms with Crippen molar-refractivity contribution in [3.8, 4) is 0 Å². The Labute approximate surface area is 80.7 Å². The number of carboxylic acids is 1. The highest BCUT2D eigenvalue weighted by molar-refractivity contribution is 5.79. The highest BCUT2D eigenvalue weighted by Gasteiger charge is 2.02. The maximum absolute atomic E-state index is 10.2. The fourth-order valence-corrected chi connectivity index (χ4v) is 1.34. The number of carbonyl (C=O) groups is 1. The average molecular weight is 184 g/mol. The SMILES string of the molecule is CCCCC(CC)C/C=C\C(=O)O. The Balaban J connectivity index is 3.64. The molecule has 13 heavy (non-hydrogen) atoms. The third-order valence-electron chi connectivity index (χ3n) is 2.27. The molecule has 0 heterocycles. The first-order valence-electron chi connectivity index (χ1n) is 5.10. The molecule has 1 atom stereocenters. The van der Waals surface area contributed by atoms with Crippen molar-refractivity contribution in [1.82, 2.24) is 0 Å². The molecule has 0 fully saturated rings. The summed E-state index contributed by atoms with van der Waals surface area (Å²) in [5.74, 6) is -0.180. The molecule has 76 valence electrons. The van der Waals surface area contributed by atoms with Gasteiger partial charge in [0, 0.05) is 6.08 Å². The topological polar surface area (TPSA) is 37.3 Å². The molecular formula is C11H20O2. The van der Waals surface area contributed by atoms with Gasteiger partial charge in [0.05, 0.1) is 0 Å². The predicted octanol–water partition coefficient (Wildman–Crippen LogP) is 3.23. The zero-order valence-electron chi connectivity index (χ0n) is 8.62. The molecule has 0 saturated heterocycles. The van der Waals surface area contributed by atoms with Gasteiger partial charge in [0.25, 0.3) is 0 Å². The minimum absolute atomic E-state index is 0.663. The summed E-state index contributed by atoms with van der Waals surface area (Å²) in [4.78, 5) is 10.2. The fourth-order valence-electron chi connectivity index (χ4n) is 1.34. The molecule has 0 radical (unpaired) electrons. The van der Waals surface area contributed by atoms with E-state index in [9.17, 15) is 4.79 Å². The Morgan fingerprint density at radius 3 is 2.62 bits per heavy atom. The Hall–Kier alpha value is -0.790. The molecule has 0 aromatic carbocycles. The molecule has 0 bridgehead atoms. The van der Waals surface area contributed by atoms with E-state index < -0.39 is 5.97 Å². The summed E-state index contributed by atoms with van der Waals surface area (Å²) >= 11 is 0. The molecule has 0 aliphatic carbocycles. The van der Waals surface area contributed by atoms with Crippen LogP contribution in [0, 0.1) is 5.92 Å². The lowest BCUT2D eigenvalue weighted by Crippen LogP contribution is -1.97. The monoisotopic (exact) mass is 184 g/mol. The molecule has 0 saturated carbocycles. The largest absolute Gasteiger partial charge is 0.478 e. The molecular weight excluding hydrogens is 164 g/mol. The van der Waals surface area contributed by atoms with Crippen molar-refractivity contribution < 1.29 is 9.90 Å². The Morgan fingerprint density at radius 2 is 2.15 bits per heavy atom. The van der Waals surface area contributed by atoms with Crippen LogP contribution in [0.1, 0.15) is 46.0 Å². The van der Waals surface area contributed by atoms with Crippen molar-refractivity contribution in [2.75, 3.05) is 0 Å². The van der Waals surface area contributed by atoms with Crippen LogP contribution in [-0.4, -0.2) is 11.1 Å². The van der Waals surface area contributed by atoms with E-state index >= 15 is 0 Å². The lowest BCUT2D eigenvalue weighted by atomic mass is 9.96. The lowest BCUT2D eigenvalue weighted by molar-refractivity contribution is -0.131. The van der Waals surface area contributed by atoms with Gasteiger partial charge in [-0.25, -0.2) is 4.79 Å². The van der Waals surface area contributed by atoms with Crippen molar-refractivity contribution in [2.24, 2.45) is 5.92 Å². The first-order chi connectivity index (χ1) is 6.20. The standard InChI is InChI=1S/C11H20O2/c1-3-5-7-10(4-2)8-6-9-11(12)13/h6,9-10H,3-5,7-8H2,1-2H3,(H,12,13)/b9-6-. The molecule has 1 unspecified atom stereocenters. The van der Waals surface area contributed by atoms with E-state index in [0.717, 1.165) is 12.8 Å². The Morgan fingerprint density at radius 1 is 1.46 bits per heavy atom. The van der Waals surface area contributed by atoms with Crippen LogP contribution < -0.4 is 0 Å². The van der Waals surface area contributed by atoms with Crippen molar-refractivity contribution in [2.45, 2.75) is 46.0 Å². The van der Waals surface area contributed by atoms with E-state index in [1.807, 2.05) is 0 Å². The quantitative estimate of drug-likeness (QED) is 0.617.